The Morgan fingerprint density at radius 2 is 2.08 bits per heavy atom. The van der Waals surface area contributed by atoms with E-state index in [4.69, 9.17) is 4.74 Å². The van der Waals surface area contributed by atoms with Gasteiger partial charge in [0.25, 0.3) is 0 Å². The number of benzene rings is 1. The van der Waals surface area contributed by atoms with E-state index in [1.807, 2.05) is 24.4 Å². The fourth-order valence-corrected chi connectivity index (χ4v) is 4.18. The molecule has 2 aromatic rings. The van der Waals surface area contributed by atoms with Crippen molar-refractivity contribution < 1.29 is 14.6 Å². The maximum Gasteiger partial charge on any atom is 0.333 e. The number of rotatable bonds is 6. The molecule has 24 heavy (non-hydrogen) atoms. The summed E-state index contributed by atoms with van der Waals surface area (Å²) in [7, 11) is 1.48. The zero-order chi connectivity index (χ0) is 16.9. The molecule has 0 saturated carbocycles. The summed E-state index contributed by atoms with van der Waals surface area (Å²) in [6.07, 6.45) is 2.98. The third-order valence-electron chi connectivity index (χ3n) is 4.51. The van der Waals surface area contributed by atoms with E-state index in [1.165, 1.54) is 12.0 Å². The van der Waals surface area contributed by atoms with E-state index in [-0.39, 0.29) is 5.92 Å². The monoisotopic (exact) mass is 346 g/mol. The van der Waals surface area contributed by atoms with Crippen LogP contribution in [0.15, 0.2) is 36.5 Å². The fourth-order valence-electron chi connectivity index (χ4n) is 3.22. The summed E-state index contributed by atoms with van der Waals surface area (Å²) in [6, 6.07) is 10.2. The second kappa shape index (κ2) is 7.88. The van der Waals surface area contributed by atoms with Gasteiger partial charge in [0.2, 0.25) is 0 Å². The highest BCUT2D eigenvalue weighted by Crippen LogP contribution is 2.28. The molecule has 0 radical (unpaired) electrons. The molecule has 1 N–H and O–H groups in total. The molecule has 1 atom stereocenters. The molecule has 5 nitrogen and oxygen atoms in total. The van der Waals surface area contributed by atoms with Crippen molar-refractivity contribution in [3.63, 3.8) is 0 Å². The Bertz CT molecular complexity index is 666. The lowest BCUT2D eigenvalue weighted by Gasteiger charge is -2.33. The number of hydrogen-bond acceptors (Lipinski definition) is 5. The molecule has 1 unspecified atom stereocenters. The van der Waals surface area contributed by atoms with Gasteiger partial charge in [-0.15, -0.1) is 11.3 Å². The van der Waals surface area contributed by atoms with Gasteiger partial charge in [0.15, 0.2) is 6.10 Å². The van der Waals surface area contributed by atoms with Crippen LogP contribution < -0.4 is 0 Å². The molecule has 1 saturated heterocycles. The molecule has 3 rings (SSSR count). The molecule has 1 aliphatic heterocycles. The average Bonchev–Trinajstić information content (AvgIpc) is 3.06. The minimum absolute atomic E-state index is 0.102. The van der Waals surface area contributed by atoms with Gasteiger partial charge in [-0.1, -0.05) is 30.3 Å². The largest absolute Gasteiger partial charge is 0.479 e. The van der Waals surface area contributed by atoms with Crippen molar-refractivity contribution in [3.05, 3.63) is 41.4 Å². The number of carboxylic acids is 1. The highest BCUT2D eigenvalue weighted by Gasteiger charge is 2.31. The van der Waals surface area contributed by atoms with Gasteiger partial charge in [0, 0.05) is 30.3 Å². The third kappa shape index (κ3) is 4.01. The number of thiazole rings is 1. The number of piperidine rings is 1. The van der Waals surface area contributed by atoms with Crippen LogP contribution in [-0.2, 0) is 16.1 Å². The molecule has 0 aliphatic carbocycles. The van der Waals surface area contributed by atoms with E-state index in [9.17, 15) is 9.90 Å². The zero-order valence-electron chi connectivity index (χ0n) is 13.7. The van der Waals surface area contributed by atoms with Crippen molar-refractivity contribution in [2.45, 2.75) is 25.5 Å². The number of aromatic nitrogens is 1. The van der Waals surface area contributed by atoms with Crippen LogP contribution in [0.3, 0.4) is 0 Å². The first-order valence-electron chi connectivity index (χ1n) is 8.15. The Morgan fingerprint density at radius 3 is 2.71 bits per heavy atom. The molecular weight excluding hydrogens is 324 g/mol. The first-order valence-corrected chi connectivity index (χ1v) is 8.97. The maximum atomic E-state index is 11.2. The molecule has 0 spiro atoms. The quantitative estimate of drug-likeness (QED) is 0.871. The number of methoxy groups -OCH3 is 1. The highest BCUT2D eigenvalue weighted by molar-refractivity contribution is 7.15. The molecule has 1 aromatic heterocycles. The number of carbonyl (C=O) groups is 1. The topological polar surface area (TPSA) is 62.7 Å². The summed E-state index contributed by atoms with van der Waals surface area (Å²) in [4.78, 5) is 19.3. The van der Waals surface area contributed by atoms with E-state index in [0.29, 0.717) is 0 Å². The van der Waals surface area contributed by atoms with Gasteiger partial charge in [-0.3, -0.25) is 4.90 Å². The van der Waals surface area contributed by atoms with E-state index in [2.05, 4.69) is 22.0 Å². The molecule has 0 bridgehead atoms. The van der Waals surface area contributed by atoms with Crippen LogP contribution in [0.1, 0.15) is 17.7 Å². The van der Waals surface area contributed by atoms with Gasteiger partial charge in [0.1, 0.15) is 5.01 Å². The number of hydrogen-bond donors (Lipinski definition) is 1. The number of likely N-dealkylation sites (tertiary alicyclic amines) is 1. The number of ether oxygens (including phenoxy) is 1. The van der Waals surface area contributed by atoms with Gasteiger partial charge in [0.05, 0.1) is 0 Å². The molecule has 6 heteroatoms. The Morgan fingerprint density at radius 1 is 1.38 bits per heavy atom. The second-order valence-electron chi connectivity index (χ2n) is 6.11. The summed E-state index contributed by atoms with van der Waals surface area (Å²) in [5.41, 5.74) is 1.15. The molecule has 128 valence electrons. The normalized spacial score (nSPS) is 17.7. The fraction of sp³-hybridized carbons (Fsp3) is 0.444. The smallest absolute Gasteiger partial charge is 0.333 e. The van der Waals surface area contributed by atoms with Crippen LogP contribution in [0, 0.1) is 5.92 Å². The highest BCUT2D eigenvalue weighted by atomic mass is 32.1. The van der Waals surface area contributed by atoms with Crippen molar-refractivity contribution in [1.82, 2.24) is 9.88 Å². The van der Waals surface area contributed by atoms with Crippen LogP contribution >= 0.6 is 11.3 Å². The minimum Gasteiger partial charge on any atom is -0.479 e. The summed E-state index contributed by atoms with van der Waals surface area (Å²) in [5, 5.41) is 10.2. The summed E-state index contributed by atoms with van der Waals surface area (Å²) < 4.78 is 5.13. The maximum absolute atomic E-state index is 11.2. The van der Waals surface area contributed by atoms with Crippen molar-refractivity contribution >= 4 is 17.3 Å². The lowest BCUT2D eigenvalue weighted by Crippen LogP contribution is -2.40. The lowest BCUT2D eigenvalue weighted by atomic mass is 9.91. The van der Waals surface area contributed by atoms with E-state index >= 15 is 0 Å². The molecule has 1 fully saturated rings. The second-order valence-corrected chi connectivity index (χ2v) is 7.22. The molecule has 2 heterocycles. The summed E-state index contributed by atoms with van der Waals surface area (Å²) in [6.45, 7) is 2.68. The van der Waals surface area contributed by atoms with Crippen LogP contribution in [0.25, 0.3) is 10.6 Å². The van der Waals surface area contributed by atoms with Crippen LogP contribution in [0.4, 0.5) is 0 Å². The lowest BCUT2D eigenvalue weighted by molar-refractivity contribution is -0.153. The van der Waals surface area contributed by atoms with E-state index in [1.54, 1.807) is 11.3 Å². The van der Waals surface area contributed by atoms with Crippen LogP contribution in [-0.4, -0.2) is 47.3 Å². The minimum atomic E-state index is -0.856. The standard InChI is InChI=1S/C18H22N2O3S/c1-23-16(18(21)22)13-7-9-20(10-8-13)12-15-11-19-17(24-15)14-5-3-2-4-6-14/h2-6,11,13,16H,7-10,12H2,1H3,(H,21,22). The zero-order valence-corrected chi connectivity index (χ0v) is 14.5. The average molecular weight is 346 g/mol. The number of carboxylic acid groups (broad SMARTS) is 1. The first-order chi connectivity index (χ1) is 11.7. The summed E-state index contributed by atoms with van der Waals surface area (Å²) in [5.74, 6) is -0.754. The van der Waals surface area contributed by atoms with Crippen LogP contribution in [0.2, 0.25) is 0 Å². The Balaban J connectivity index is 1.55. The number of aliphatic carboxylic acids is 1. The van der Waals surface area contributed by atoms with Crippen molar-refractivity contribution in [2.75, 3.05) is 20.2 Å². The Kier molecular flexibility index (Phi) is 5.60. The van der Waals surface area contributed by atoms with Crippen molar-refractivity contribution in [2.24, 2.45) is 5.92 Å². The van der Waals surface area contributed by atoms with E-state index < -0.39 is 12.1 Å². The van der Waals surface area contributed by atoms with Gasteiger partial charge >= 0.3 is 5.97 Å². The predicted octanol–water partition coefficient (Wildman–Crippen LogP) is 3.12. The van der Waals surface area contributed by atoms with Gasteiger partial charge in [-0.25, -0.2) is 9.78 Å². The molecular formula is C18H22N2O3S. The SMILES string of the molecule is COC(C(=O)O)C1CCN(Cc2cnc(-c3ccccc3)s2)CC1. The summed E-state index contributed by atoms with van der Waals surface area (Å²) >= 11 is 1.72. The first kappa shape index (κ1) is 17.1. The van der Waals surface area contributed by atoms with Crippen LogP contribution in [0.5, 0.6) is 0 Å². The van der Waals surface area contributed by atoms with Gasteiger partial charge in [-0.05, 0) is 31.8 Å². The Labute approximate surface area is 145 Å². The third-order valence-corrected chi connectivity index (χ3v) is 5.54. The molecule has 1 aromatic carbocycles. The molecule has 1 aliphatic rings. The molecule has 0 amide bonds. The predicted molar refractivity (Wildman–Crippen MR) is 94.0 cm³/mol. The van der Waals surface area contributed by atoms with Crippen molar-refractivity contribution in [3.8, 4) is 10.6 Å². The number of nitrogens with zero attached hydrogens (tertiary/aromatic N) is 2. The Hall–Kier alpha value is -1.76. The van der Waals surface area contributed by atoms with Gasteiger partial charge < -0.3 is 9.84 Å². The van der Waals surface area contributed by atoms with E-state index in [0.717, 1.165) is 43.0 Å². The van der Waals surface area contributed by atoms with Gasteiger partial charge in [-0.2, -0.15) is 0 Å². The van der Waals surface area contributed by atoms with Crippen molar-refractivity contribution in [1.29, 1.82) is 0 Å².